The predicted octanol–water partition coefficient (Wildman–Crippen LogP) is 2.00. The number of aliphatic hydroxyl groups is 1. The SMILES string of the molecule is O=C(Cn1ccc2c(CNCCO)cccc21)c1cccnc1. The number of hydrogen-bond donors (Lipinski definition) is 2. The average Bonchev–Trinajstić information content (AvgIpc) is 3.00. The topological polar surface area (TPSA) is 67.2 Å². The number of carbonyl (C=O) groups is 1. The normalized spacial score (nSPS) is 11.0. The summed E-state index contributed by atoms with van der Waals surface area (Å²) in [5.41, 5.74) is 2.81. The van der Waals surface area contributed by atoms with E-state index in [1.807, 2.05) is 29.0 Å². The Morgan fingerprint density at radius 1 is 1.22 bits per heavy atom. The fraction of sp³-hybridized carbons (Fsp3) is 0.222. The van der Waals surface area contributed by atoms with E-state index in [-0.39, 0.29) is 12.4 Å². The molecular formula is C18H19N3O2. The highest BCUT2D eigenvalue weighted by molar-refractivity contribution is 5.96. The minimum absolute atomic E-state index is 0.0411. The second-order valence-electron chi connectivity index (χ2n) is 5.36. The van der Waals surface area contributed by atoms with Gasteiger partial charge in [0.1, 0.15) is 0 Å². The standard InChI is InChI=1S/C18H19N3O2/c22-10-8-20-11-14-3-1-5-17-16(14)6-9-21(17)13-18(23)15-4-2-7-19-12-15/h1-7,9,12,20,22H,8,10-11,13H2. The van der Waals surface area contributed by atoms with Crippen LogP contribution in [0.2, 0.25) is 0 Å². The van der Waals surface area contributed by atoms with Gasteiger partial charge in [-0.3, -0.25) is 9.78 Å². The summed E-state index contributed by atoms with van der Waals surface area (Å²) in [6.45, 7) is 1.67. The second kappa shape index (κ2) is 7.17. The lowest BCUT2D eigenvalue weighted by molar-refractivity contribution is 0.0973. The van der Waals surface area contributed by atoms with Gasteiger partial charge in [-0.2, -0.15) is 0 Å². The van der Waals surface area contributed by atoms with Gasteiger partial charge in [0.2, 0.25) is 0 Å². The number of nitrogens with zero attached hydrogens (tertiary/aromatic N) is 2. The Balaban J connectivity index is 1.82. The van der Waals surface area contributed by atoms with E-state index < -0.39 is 0 Å². The Hall–Kier alpha value is -2.50. The van der Waals surface area contributed by atoms with Crippen LogP contribution in [0.15, 0.2) is 55.0 Å². The van der Waals surface area contributed by atoms with Gasteiger partial charge in [0.15, 0.2) is 5.78 Å². The van der Waals surface area contributed by atoms with Gasteiger partial charge < -0.3 is 15.0 Å². The number of pyridine rings is 1. The van der Waals surface area contributed by atoms with Crippen LogP contribution >= 0.6 is 0 Å². The summed E-state index contributed by atoms with van der Waals surface area (Å²) < 4.78 is 1.96. The number of hydrogen-bond acceptors (Lipinski definition) is 4. The Morgan fingerprint density at radius 3 is 2.91 bits per heavy atom. The first kappa shape index (κ1) is 15.4. The number of carbonyl (C=O) groups excluding carboxylic acids is 1. The summed E-state index contributed by atoms with van der Waals surface area (Å²) in [6, 6.07) is 11.6. The fourth-order valence-electron chi connectivity index (χ4n) is 2.65. The Morgan fingerprint density at radius 2 is 2.13 bits per heavy atom. The third-order valence-corrected chi connectivity index (χ3v) is 3.81. The Bertz CT molecular complexity index is 796. The first-order valence-electron chi connectivity index (χ1n) is 7.61. The summed E-state index contributed by atoms with van der Waals surface area (Å²) in [6.07, 6.45) is 5.19. The summed E-state index contributed by atoms with van der Waals surface area (Å²) in [5, 5.41) is 13.2. The van der Waals surface area contributed by atoms with Crippen molar-refractivity contribution < 1.29 is 9.90 Å². The van der Waals surface area contributed by atoms with Crippen LogP contribution in [0.3, 0.4) is 0 Å². The predicted molar refractivity (Wildman–Crippen MR) is 89.3 cm³/mol. The van der Waals surface area contributed by atoms with Crippen molar-refractivity contribution in [2.75, 3.05) is 13.2 Å². The van der Waals surface area contributed by atoms with E-state index in [0.717, 1.165) is 16.5 Å². The van der Waals surface area contributed by atoms with Gasteiger partial charge in [-0.1, -0.05) is 12.1 Å². The van der Waals surface area contributed by atoms with Crippen molar-refractivity contribution in [1.82, 2.24) is 14.9 Å². The molecule has 2 N–H and O–H groups in total. The van der Waals surface area contributed by atoms with Crippen LogP contribution in [-0.2, 0) is 13.1 Å². The van der Waals surface area contributed by atoms with Gasteiger partial charge in [-0.25, -0.2) is 0 Å². The van der Waals surface area contributed by atoms with E-state index in [1.165, 1.54) is 0 Å². The highest BCUT2D eigenvalue weighted by Crippen LogP contribution is 2.20. The van der Waals surface area contributed by atoms with E-state index in [1.54, 1.807) is 24.5 Å². The van der Waals surface area contributed by atoms with E-state index in [4.69, 9.17) is 5.11 Å². The molecule has 0 saturated heterocycles. The number of rotatable bonds is 7. The molecule has 0 bridgehead atoms. The Labute approximate surface area is 134 Å². The highest BCUT2D eigenvalue weighted by Gasteiger charge is 2.10. The lowest BCUT2D eigenvalue weighted by atomic mass is 10.1. The summed E-state index contributed by atoms with van der Waals surface area (Å²) >= 11 is 0. The largest absolute Gasteiger partial charge is 0.395 e. The molecular weight excluding hydrogens is 290 g/mol. The van der Waals surface area contributed by atoms with Crippen LogP contribution in [0.5, 0.6) is 0 Å². The number of aliphatic hydroxyl groups excluding tert-OH is 1. The maximum atomic E-state index is 12.4. The molecule has 0 fully saturated rings. The number of fused-ring (bicyclic) bond motifs is 1. The molecule has 0 unspecified atom stereocenters. The van der Waals surface area contributed by atoms with E-state index >= 15 is 0 Å². The zero-order valence-corrected chi connectivity index (χ0v) is 12.8. The van der Waals surface area contributed by atoms with Crippen LogP contribution in [0.4, 0.5) is 0 Å². The second-order valence-corrected chi connectivity index (χ2v) is 5.36. The van der Waals surface area contributed by atoms with Gasteiger partial charge in [-0.05, 0) is 29.8 Å². The molecule has 0 aliphatic rings. The van der Waals surface area contributed by atoms with E-state index in [9.17, 15) is 4.79 Å². The molecule has 0 amide bonds. The molecule has 23 heavy (non-hydrogen) atoms. The molecule has 5 heteroatoms. The maximum absolute atomic E-state index is 12.4. The quantitative estimate of drug-likeness (QED) is 0.517. The number of ketones is 1. The van der Waals surface area contributed by atoms with Gasteiger partial charge in [0.05, 0.1) is 13.2 Å². The van der Waals surface area contributed by atoms with Crippen LogP contribution in [-0.4, -0.2) is 33.6 Å². The molecule has 0 saturated carbocycles. The smallest absolute Gasteiger partial charge is 0.184 e. The minimum Gasteiger partial charge on any atom is -0.395 e. The van der Waals surface area contributed by atoms with Crippen molar-refractivity contribution in [3.63, 3.8) is 0 Å². The van der Waals surface area contributed by atoms with Gasteiger partial charge in [-0.15, -0.1) is 0 Å². The summed E-state index contributed by atoms with van der Waals surface area (Å²) in [4.78, 5) is 16.3. The maximum Gasteiger partial charge on any atom is 0.184 e. The number of Topliss-reactive ketones (excluding diaryl/α,β-unsaturated/α-hetero) is 1. The zero-order chi connectivity index (χ0) is 16.1. The summed E-state index contributed by atoms with van der Waals surface area (Å²) in [5.74, 6) is 0.0411. The summed E-state index contributed by atoms with van der Waals surface area (Å²) in [7, 11) is 0. The molecule has 0 atom stereocenters. The fourth-order valence-corrected chi connectivity index (χ4v) is 2.65. The van der Waals surface area contributed by atoms with Crippen LogP contribution in [0.1, 0.15) is 15.9 Å². The minimum atomic E-state index is 0.0411. The highest BCUT2D eigenvalue weighted by atomic mass is 16.3. The molecule has 0 aliphatic heterocycles. The number of nitrogens with one attached hydrogen (secondary N) is 1. The lowest BCUT2D eigenvalue weighted by Gasteiger charge is -2.08. The average molecular weight is 309 g/mol. The third-order valence-electron chi connectivity index (χ3n) is 3.81. The molecule has 3 aromatic rings. The number of benzene rings is 1. The molecule has 2 heterocycles. The molecule has 1 aromatic carbocycles. The third kappa shape index (κ3) is 3.47. The van der Waals surface area contributed by atoms with Crippen molar-refractivity contribution in [2.24, 2.45) is 0 Å². The first-order valence-corrected chi connectivity index (χ1v) is 7.61. The number of aromatic nitrogens is 2. The Kier molecular flexibility index (Phi) is 4.80. The molecule has 0 radical (unpaired) electrons. The van der Waals surface area contributed by atoms with Crippen molar-refractivity contribution in [2.45, 2.75) is 13.1 Å². The van der Waals surface area contributed by atoms with Gasteiger partial charge in [0, 0.05) is 48.1 Å². The van der Waals surface area contributed by atoms with E-state index in [2.05, 4.69) is 16.4 Å². The zero-order valence-electron chi connectivity index (χ0n) is 12.8. The molecule has 3 rings (SSSR count). The molecule has 118 valence electrons. The van der Waals surface area contributed by atoms with Crippen LogP contribution in [0.25, 0.3) is 10.9 Å². The van der Waals surface area contributed by atoms with Crippen LogP contribution < -0.4 is 5.32 Å². The van der Waals surface area contributed by atoms with Crippen molar-refractivity contribution in [3.05, 3.63) is 66.1 Å². The monoisotopic (exact) mass is 309 g/mol. The lowest BCUT2D eigenvalue weighted by Crippen LogP contribution is -2.17. The molecule has 0 spiro atoms. The van der Waals surface area contributed by atoms with Crippen LogP contribution in [0, 0.1) is 0 Å². The van der Waals surface area contributed by atoms with E-state index in [0.29, 0.717) is 25.2 Å². The first-order chi connectivity index (χ1) is 11.3. The molecule has 0 aliphatic carbocycles. The molecule has 2 aromatic heterocycles. The van der Waals surface area contributed by atoms with Crippen molar-refractivity contribution in [1.29, 1.82) is 0 Å². The van der Waals surface area contributed by atoms with Gasteiger partial charge in [0.25, 0.3) is 0 Å². The van der Waals surface area contributed by atoms with Crippen molar-refractivity contribution in [3.8, 4) is 0 Å². The van der Waals surface area contributed by atoms with Gasteiger partial charge >= 0.3 is 0 Å². The van der Waals surface area contributed by atoms with Crippen molar-refractivity contribution >= 4 is 16.7 Å². The molecule has 5 nitrogen and oxygen atoms in total.